The van der Waals surface area contributed by atoms with Crippen LogP contribution in [0.2, 0.25) is 0 Å². The predicted molar refractivity (Wildman–Crippen MR) is 112 cm³/mol. The summed E-state index contributed by atoms with van der Waals surface area (Å²) in [6, 6.07) is 17.7. The lowest BCUT2D eigenvalue weighted by molar-refractivity contribution is -0.123. The SMILES string of the molecule is N#Cc1ccc(/C=N\NC(=O)CCCCC(=O)N/N=C\c2ccc(C#N)cc2)cc1. The second-order valence-corrected chi connectivity index (χ2v) is 6.26. The van der Waals surface area contributed by atoms with Gasteiger partial charge in [-0.05, 0) is 48.2 Å². The summed E-state index contributed by atoms with van der Waals surface area (Å²) in [4.78, 5) is 23.5. The van der Waals surface area contributed by atoms with E-state index in [0.29, 0.717) is 24.0 Å². The molecule has 0 aliphatic heterocycles. The first kappa shape index (κ1) is 22.0. The Morgan fingerprint density at radius 2 is 1.10 bits per heavy atom. The predicted octanol–water partition coefficient (Wildman–Crippen LogP) is 2.59. The van der Waals surface area contributed by atoms with Crippen molar-refractivity contribution in [1.82, 2.24) is 10.9 Å². The van der Waals surface area contributed by atoms with Gasteiger partial charge in [-0.25, -0.2) is 10.9 Å². The first-order valence-electron chi connectivity index (χ1n) is 9.25. The summed E-state index contributed by atoms with van der Waals surface area (Å²) < 4.78 is 0. The van der Waals surface area contributed by atoms with Crippen LogP contribution >= 0.6 is 0 Å². The second-order valence-electron chi connectivity index (χ2n) is 6.26. The minimum absolute atomic E-state index is 0.237. The third-order valence-corrected chi connectivity index (χ3v) is 3.94. The van der Waals surface area contributed by atoms with E-state index in [0.717, 1.165) is 11.1 Å². The highest BCUT2D eigenvalue weighted by atomic mass is 16.2. The highest BCUT2D eigenvalue weighted by Crippen LogP contribution is 2.02. The van der Waals surface area contributed by atoms with Crippen molar-refractivity contribution in [1.29, 1.82) is 10.5 Å². The Kier molecular flexibility index (Phi) is 8.96. The molecule has 2 aromatic carbocycles. The number of benzene rings is 2. The van der Waals surface area contributed by atoms with Crippen LogP contribution in [-0.2, 0) is 9.59 Å². The van der Waals surface area contributed by atoms with Crippen molar-refractivity contribution in [2.24, 2.45) is 10.2 Å². The highest BCUT2D eigenvalue weighted by Gasteiger charge is 2.03. The third-order valence-electron chi connectivity index (χ3n) is 3.94. The van der Waals surface area contributed by atoms with Gasteiger partial charge in [-0.3, -0.25) is 9.59 Å². The molecule has 150 valence electrons. The lowest BCUT2D eigenvalue weighted by Gasteiger charge is -2.01. The fraction of sp³-hybridized carbons (Fsp3) is 0.182. The molecule has 2 amide bonds. The zero-order chi connectivity index (χ0) is 21.6. The van der Waals surface area contributed by atoms with Crippen LogP contribution in [0.25, 0.3) is 0 Å². The third kappa shape index (κ3) is 8.15. The largest absolute Gasteiger partial charge is 0.273 e. The first-order chi connectivity index (χ1) is 14.6. The van der Waals surface area contributed by atoms with Crippen molar-refractivity contribution >= 4 is 24.2 Å². The number of hydrogen-bond donors (Lipinski definition) is 2. The summed E-state index contributed by atoms with van der Waals surface area (Å²) in [6.45, 7) is 0. The van der Waals surface area contributed by atoms with Gasteiger partial charge in [0.1, 0.15) is 0 Å². The molecular formula is C22H20N6O2. The molecule has 0 fully saturated rings. The molecule has 2 rings (SSSR count). The molecule has 0 unspecified atom stereocenters. The van der Waals surface area contributed by atoms with E-state index in [1.165, 1.54) is 12.4 Å². The number of amides is 2. The van der Waals surface area contributed by atoms with Gasteiger partial charge in [0.15, 0.2) is 0 Å². The summed E-state index contributed by atoms with van der Waals surface area (Å²) in [7, 11) is 0. The van der Waals surface area contributed by atoms with Gasteiger partial charge in [0.2, 0.25) is 11.8 Å². The molecule has 0 radical (unpaired) electrons. The van der Waals surface area contributed by atoms with Crippen molar-refractivity contribution in [2.75, 3.05) is 0 Å². The average molecular weight is 400 g/mol. The van der Waals surface area contributed by atoms with Gasteiger partial charge in [-0.15, -0.1) is 0 Å². The van der Waals surface area contributed by atoms with E-state index in [1.807, 2.05) is 12.1 Å². The van der Waals surface area contributed by atoms with Crippen molar-refractivity contribution in [3.63, 3.8) is 0 Å². The maximum absolute atomic E-state index is 11.7. The van der Waals surface area contributed by atoms with E-state index in [9.17, 15) is 9.59 Å². The molecule has 0 bridgehead atoms. The Bertz CT molecular complexity index is 912. The van der Waals surface area contributed by atoms with Gasteiger partial charge >= 0.3 is 0 Å². The van der Waals surface area contributed by atoms with Crippen LogP contribution in [-0.4, -0.2) is 24.2 Å². The van der Waals surface area contributed by atoms with Crippen molar-refractivity contribution in [3.05, 3.63) is 70.8 Å². The Labute approximate surface area is 174 Å². The standard InChI is InChI=1S/C22H20N6O2/c23-13-17-5-9-19(10-6-17)15-25-27-21(29)3-1-2-4-22(30)28-26-16-20-11-7-18(14-24)8-12-20/h5-12,15-16H,1-4H2,(H,27,29)(H,28,30)/b25-15-,26-16-. The Hall–Kier alpha value is -4.30. The average Bonchev–Trinajstić information content (AvgIpc) is 2.77. The van der Waals surface area contributed by atoms with Crippen LogP contribution < -0.4 is 10.9 Å². The number of nitrogens with one attached hydrogen (secondary N) is 2. The number of nitrogens with zero attached hydrogens (tertiary/aromatic N) is 4. The number of unbranched alkanes of at least 4 members (excludes halogenated alkanes) is 1. The van der Waals surface area contributed by atoms with Crippen LogP contribution in [0.4, 0.5) is 0 Å². The molecule has 8 heteroatoms. The van der Waals surface area contributed by atoms with E-state index in [4.69, 9.17) is 10.5 Å². The van der Waals surface area contributed by atoms with Crippen molar-refractivity contribution < 1.29 is 9.59 Å². The lowest BCUT2D eigenvalue weighted by Crippen LogP contribution is -2.19. The number of carbonyl (C=O) groups is 2. The maximum atomic E-state index is 11.7. The molecule has 2 aromatic rings. The monoisotopic (exact) mass is 400 g/mol. The topological polar surface area (TPSA) is 130 Å². The number of nitriles is 2. The van der Waals surface area contributed by atoms with Gasteiger partial charge in [0.25, 0.3) is 0 Å². The number of hydrogen-bond acceptors (Lipinski definition) is 6. The smallest absolute Gasteiger partial charge is 0.240 e. The number of hydrazone groups is 2. The summed E-state index contributed by atoms with van der Waals surface area (Å²) in [5.74, 6) is -0.474. The van der Waals surface area contributed by atoms with Gasteiger partial charge in [-0.2, -0.15) is 20.7 Å². The molecular weight excluding hydrogens is 380 g/mol. The molecule has 0 spiro atoms. The van der Waals surface area contributed by atoms with Crippen LogP contribution in [0.1, 0.15) is 47.9 Å². The van der Waals surface area contributed by atoms with E-state index in [-0.39, 0.29) is 24.7 Å². The summed E-state index contributed by atoms with van der Waals surface area (Å²) >= 11 is 0. The van der Waals surface area contributed by atoms with Gasteiger partial charge < -0.3 is 0 Å². The zero-order valence-corrected chi connectivity index (χ0v) is 16.2. The molecule has 8 nitrogen and oxygen atoms in total. The molecule has 30 heavy (non-hydrogen) atoms. The van der Waals surface area contributed by atoms with E-state index < -0.39 is 0 Å². The quantitative estimate of drug-likeness (QED) is 0.380. The summed E-state index contributed by atoms with van der Waals surface area (Å²) in [6.07, 6.45) is 4.60. The van der Waals surface area contributed by atoms with Crippen LogP contribution in [0, 0.1) is 22.7 Å². The zero-order valence-electron chi connectivity index (χ0n) is 16.2. The Balaban J connectivity index is 1.59. The summed E-state index contributed by atoms with van der Waals surface area (Å²) in [5.41, 5.74) is 7.51. The molecule has 0 aromatic heterocycles. The minimum atomic E-state index is -0.237. The number of rotatable bonds is 9. The molecule has 0 atom stereocenters. The first-order valence-corrected chi connectivity index (χ1v) is 9.25. The Morgan fingerprint density at radius 3 is 1.43 bits per heavy atom. The van der Waals surface area contributed by atoms with E-state index in [2.05, 4.69) is 21.1 Å². The van der Waals surface area contributed by atoms with E-state index in [1.54, 1.807) is 48.5 Å². The number of carbonyl (C=O) groups excluding carboxylic acids is 2. The molecule has 0 saturated heterocycles. The minimum Gasteiger partial charge on any atom is -0.273 e. The van der Waals surface area contributed by atoms with Crippen molar-refractivity contribution in [3.8, 4) is 12.1 Å². The highest BCUT2D eigenvalue weighted by molar-refractivity contribution is 5.83. The second kappa shape index (κ2) is 12.2. The summed E-state index contributed by atoms with van der Waals surface area (Å²) in [5, 5.41) is 25.2. The van der Waals surface area contributed by atoms with Gasteiger partial charge in [0.05, 0.1) is 35.7 Å². The van der Waals surface area contributed by atoms with Gasteiger partial charge in [-0.1, -0.05) is 24.3 Å². The molecule has 0 heterocycles. The maximum Gasteiger partial charge on any atom is 0.240 e. The fourth-order valence-corrected chi connectivity index (χ4v) is 2.33. The molecule has 0 saturated carbocycles. The van der Waals surface area contributed by atoms with Gasteiger partial charge in [0, 0.05) is 12.8 Å². The van der Waals surface area contributed by atoms with Crippen LogP contribution in [0.5, 0.6) is 0 Å². The van der Waals surface area contributed by atoms with Crippen molar-refractivity contribution in [2.45, 2.75) is 25.7 Å². The normalized spacial score (nSPS) is 10.5. The molecule has 0 aliphatic carbocycles. The molecule has 0 aliphatic rings. The molecule has 2 N–H and O–H groups in total. The van der Waals surface area contributed by atoms with E-state index >= 15 is 0 Å². The lowest BCUT2D eigenvalue weighted by atomic mass is 10.2. The van der Waals surface area contributed by atoms with Crippen LogP contribution in [0.3, 0.4) is 0 Å². The van der Waals surface area contributed by atoms with Crippen LogP contribution in [0.15, 0.2) is 58.7 Å². The fourth-order valence-electron chi connectivity index (χ4n) is 2.33. The Morgan fingerprint density at radius 1 is 0.733 bits per heavy atom.